The smallest absolute Gasteiger partial charge is 0.348 e. The highest BCUT2D eigenvalue weighted by atomic mass is 31.2. The third-order valence-electron chi connectivity index (χ3n) is 4.66. The van der Waals surface area contributed by atoms with Gasteiger partial charge >= 0.3 is 7.60 Å². The van der Waals surface area contributed by atoms with Gasteiger partial charge in [0.15, 0.2) is 12.4 Å². The lowest BCUT2D eigenvalue weighted by molar-refractivity contribution is -0.146. The summed E-state index contributed by atoms with van der Waals surface area (Å²) in [6.07, 6.45) is 11.1. The molecule has 166 valence electrons. The lowest BCUT2D eigenvalue weighted by Gasteiger charge is -2.25. The highest BCUT2D eigenvalue weighted by Gasteiger charge is 2.27. The summed E-state index contributed by atoms with van der Waals surface area (Å²) in [5, 5.41) is 0. The summed E-state index contributed by atoms with van der Waals surface area (Å²) in [7, 11) is -4.43. The third-order valence-corrected chi connectivity index (χ3v) is 5.15. The summed E-state index contributed by atoms with van der Waals surface area (Å²) < 4.78 is 15.9. The zero-order chi connectivity index (χ0) is 21.3. The zero-order valence-electron chi connectivity index (χ0n) is 17.7. The van der Waals surface area contributed by atoms with Crippen LogP contribution >= 0.6 is 7.60 Å². The van der Waals surface area contributed by atoms with Crippen molar-refractivity contribution in [3.05, 3.63) is 0 Å². The Bertz CT molecular complexity index is 438. The minimum atomic E-state index is -4.43. The first kappa shape index (κ1) is 27.2. The van der Waals surface area contributed by atoms with E-state index in [4.69, 9.17) is 14.5 Å². The fourth-order valence-corrected chi connectivity index (χ4v) is 3.38. The van der Waals surface area contributed by atoms with E-state index in [9.17, 15) is 14.2 Å². The number of nitrogens with zero attached hydrogens (tertiary/aromatic N) is 1. The van der Waals surface area contributed by atoms with Gasteiger partial charge in [0.05, 0.1) is 0 Å². The maximum absolute atomic E-state index is 12.6. The Morgan fingerprint density at radius 1 is 0.893 bits per heavy atom. The van der Waals surface area contributed by atoms with Gasteiger partial charge in [-0.05, 0) is 12.8 Å². The second kappa shape index (κ2) is 17.1. The second-order valence-corrected chi connectivity index (χ2v) is 8.97. The van der Waals surface area contributed by atoms with Crippen molar-refractivity contribution in [2.45, 2.75) is 97.0 Å². The normalized spacial score (nSPS) is 12.7. The maximum Gasteiger partial charge on any atom is 0.351 e. The Labute approximate surface area is 170 Å². The molecule has 0 bridgehead atoms. The van der Waals surface area contributed by atoms with Crippen LogP contribution in [0.3, 0.4) is 0 Å². The monoisotopic (exact) mass is 421 g/mol. The van der Waals surface area contributed by atoms with Gasteiger partial charge < -0.3 is 19.4 Å². The van der Waals surface area contributed by atoms with E-state index in [-0.39, 0.29) is 0 Å². The van der Waals surface area contributed by atoms with Crippen LogP contribution in [0.15, 0.2) is 0 Å². The first-order chi connectivity index (χ1) is 13.4. The van der Waals surface area contributed by atoms with E-state index in [0.717, 1.165) is 38.5 Å². The van der Waals surface area contributed by atoms with Crippen molar-refractivity contribution in [2.24, 2.45) is 0 Å². The van der Waals surface area contributed by atoms with Gasteiger partial charge in [-0.1, -0.05) is 78.1 Å². The van der Waals surface area contributed by atoms with Crippen molar-refractivity contribution in [1.82, 2.24) is 4.90 Å². The van der Waals surface area contributed by atoms with Crippen LogP contribution in [0.4, 0.5) is 0 Å². The molecular formula is C20H40NO6P. The van der Waals surface area contributed by atoms with Crippen LogP contribution in [-0.2, 0) is 18.9 Å². The van der Waals surface area contributed by atoms with Crippen molar-refractivity contribution in [3.8, 4) is 0 Å². The first-order valence-electron chi connectivity index (χ1n) is 10.8. The van der Waals surface area contributed by atoms with Gasteiger partial charge in [-0.15, -0.1) is 0 Å². The average Bonchev–Trinajstić information content (AvgIpc) is 2.65. The largest absolute Gasteiger partial charge is 0.351 e. The maximum atomic E-state index is 12.6. The van der Waals surface area contributed by atoms with E-state index in [2.05, 4.69) is 13.8 Å². The van der Waals surface area contributed by atoms with Gasteiger partial charge in [0.1, 0.15) is 6.35 Å². The van der Waals surface area contributed by atoms with Gasteiger partial charge in [-0.3, -0.25) is 14.2 Å². The van der Waals surface area contributed by atoms with E-state index in [1.807, 2.05) is 0 Å². The number of amides is 1. The quantitative estimate of drug-likeness (QED) is 0.140. The van der Waals surface area contributed by atoms with Gasteiger partial charge in [-0.2, -0.15) is 0 Å². The summed E-state index contributed by atoms with van der Waals surface area (Å²) in [6, 6.07) is 0. The fourth-order valence-electron chi connectivity index (χ4n) is 3.02. The van der Waals surface area contributed by atoms with Gasteiger partial charge in [0.2, 0.25) is 0 Å². The molecule has 0 aliphatic carbocycles. The molecule has 0 spiro atoms. The molecule has 0 aromatic carbocycles. The summed E-state index contributed by atoms with van der Waals surface area (Å²) >= 11 is 0. The standard InChI is InChI=1S/C20H40NO6P/c1-3-5-7-9-11-13-15-21(16-14-12-10-8-6-4-2)20(23)19(17-22)27-18-28(24,25)26/h17,19H,3-16,18H2,1-2H3,(H2,24,25,26). The average molecular weight is 422 g/mol. The van der Waals surface area contributed by atoms with Crippen LogP contribution in [0.25, 0.3) is 0 Å². The first-order valence-corrected chi connectivity index (χ1v) is 12.6. The molecule has 0 saturated heterocycles. The Morgan fingerprint density at radius 2 is 1.32 bits per heavy atom. The summed E-state index contributed by atoms with van der Waals surface area (Å²) in [5.41, 5.74) is 0. The molecule has 1 amide bonds. The molecule has 1 unspecified atom stereocenters. The van der Waals surface area contributed by atoms with Crippen LogP contribution in [0.5, 0.6) is 0 Å². The molecular weight excluding hydrogens is 381 g/mol. The molecule has 0 rings (SSSR count). The second-order valence-electron chi connectivity index (χ2n) is 7.38. The van der Waals surface area contributed by atoms with Crippen molar-refractivity contribution >= 4 is 19.8 Å². The van der Waals surface area contributed by atoms with Gasteiger partial charge in [-0.25, -0.2) is 0 Å². The number of carbonyl (C=O) groups excluding carboxylic acids is 2. The predicted octanol–water partition coefficient (Wildman–Crippen LogP) is 4.26. The lowest BCUT2D eigenvalue weighted by Crippen LogP contribution is -2.42. The SMILES string of the molecule is CCCCCCCCN(CCCCCCCC)C(=O)C(C=O)OCP(=O)(O)O. The number of hydrogen-bond donors (Lipinski definition) is 2. The number of rotatable bonds is 19. The molecule has 0 aromatic heterocycles. The highest BCUT2D eigenvalue weighted by Crippen LogP contribution is 2.34. The van der Waals surface area contributed by atoms with Crippen molar-refractivity contribution in [2.75, 3.05) is 19.4 Å². The van der Waals surface area contributed by atoms with Crippen LogP contribution in [0.2, 0.25) is 0 Å². The summed E-state index contributed by atoms with van der Waals surface area (Å²) in [5.74, 6) is -0.495. The number of ether oxygens (including phenoxy) is 1. The van der Waals surface area contributed by atoms with E-state index < -0.39 is 26.0 Å². The Morgan fingerprint density at radius 3 is 1.71 bits per heavy atom. The minimum absolute atomic E-state index is 0.327. The molecule has 0 aromatic rings. The molecule has 7 nitrogen and oxygen atoms in total. The molecule has 0 saturated carbocycles. The molecule has 0 heterocycles. The molecule has 0 aliphatic heterocycles. The summed E-state index contributed by atoms with van der Waals surface area (Å²) in [4.78, 5) is 43.3. The van der Waals surface area contributed by atoms with Crippen LogP contribution < -0.4 is 0 Å². The molecule has 0 fully saturated rings. The van der Waals surface area contributed by atoms with E-state index in [1.54, 1.807) is 4.90 Å². The van der Waals surface area contributed by atoms with Crippen LogP contribution in [0.1, 0.15) is 90.9 Å². The Balaban J connectivity index is 4.57. The van der Waals surface area contributed by atoms with E-state index in [1.165, 1.54) is 38.5 Å². The molecule has 8 heteroatoms. The Kier molecular flexibility index (Phi) is 16.7. The molecule has 28 heavy (non-hydrogen) atoms. The number of hydrogen-bond acceptors (Lipinski definition) is 4. The fraction of sp³-hybridized carbons (Fsp3) is 0.900. The van der Waals surface area contributed by atoms with Crippen LogP contribution in [-0.4, -0.2) is 52.4 Å². The van der Waals surface area contributed by atoms with Crippen molar-refractivity contribution < 1.29 is 28.7 Å². The topological polar surface area (TPSA) is 104 Å². The number of unbranched alkanes of at least 4 members (excludes halogenated alkanes) is 10. The highest BCUT2D eigenvalue weighted by molar-refractivity contribution is 7.51. The van der Waals surface area contributed by atoms with Gasteiger partial charge in [0.25, 0.3) is 5.91 Å². The van der Waals surface area contributed by atoms with Crippen molar-refractivity contribution in [1.29, 1.82) is 0 Å². The third kappa shape index (κ3) is 15.2. The number of aldehydes is 1. The van der Waals surface area contributed by atoms with E-state index >= 15 is 0 Å². The molecule has 0 aliphatic rings. The predicted molar refractivity (Wildman–Crippen MR) is 111 cm³/mol. The minimum Gasteiger partial charge on any atom is -0.348 e. The molecule has 1 atom stereocenters. The van der Waals surface area contributed by atoms with Crippen molar-refractivity contribution in [3.63, 3.8) is 0 Å². The zero-order valence-corrected chi connectivity index (χ0v) is 18.6. The van der Waals surface area contributed by atoms with Crippen LogP contribution in [0, 0.1) is 0 Å². The molecule has 2 N–H and O–H groups in total. The Hall–Kier alpha value is -0.750. The lowest BCUT2D eigenvalue weighted by atomic mass is 10.1. The number of carbonyl (C=O) groups is 2. The molecule has 0 radical (unpaired) electrons. The summed E-state index contributed by atoms with van der Waals surface area (Å²) in [6.45, 7) is 5.42. The van der Waals surface area contributed by atoms with E-state index in [0.29, 0.717) is 19.4 Å². The van der Waals surface area contributed by atoms with Gasteiger partial charge in [0, 0.05) is 13.1 Å².